The summed E-state index contributed by atoms with van der Waals surface area (Å²) in [5, 5.41) is 9.71. The molecule has 0 spiro atoms. The molecule has 230 valence electrons. The van der Waals surface area contributed by atoms with Crippen molar-refractivity contribution in [2.45, 2.75) is 19.8 Å². The lowest BCUT2D eigenvalue weighted by Crippen LogP contribution is -2.52. The van der Waals surface area contributed by atoms with Crippen molar-refractivity contribution in [1.82, 2.24) is 9.80 Å². The van der Waals surface area contributed by atoms with E-state index in [4.69, 9.17) is 4.74 Å². The molecule has 0 saturated carbocycles. The van der Waals surface area contributed by atoms with E-state index in [1.807, 2.05) is 0 Å². The largest absolute Gasteiger partial charge is 0.478 e. The Morgan fingerprint density at radius 2 is 1.45 bits per heavy atom. The Morgan fingerprint density at radius 1 is 0.864 bits per heavy atom. The maximum absolute atomic E-state index is 15.0. The van der Waals surface area contributed by atoms with E-state index < -0.39 is 41.3 Å². The molecule has 1 heterocycles. The minimum atomic E-state index is -1.19. The van der Waals surface area contributed by atoms with Crippen molar-refractivity contribution in [3.05, 3.63) is 105 Å². The van der Waals surface area contributed by atoms with E-state index in [9.17, 15) is 29.1 Å². The number of likely N-dealkylation sites (N-methyl/N-ethyl adjacent to an activating group) is 1. The molecule has 1 fully saturated rings. The van der Waals surface area contributed by atoms with Crippen molar-refractivity contribution in [3.8, 4) is 0 Å². The van der Waals surface area contributed by atoms with Gasteiger partial charge in [-0.3, -0.25) is 19.3 Å². The number of carbonyl (C=O) groups is 5. The molecular formula is C34H35FN2O7. The van der Waals surface area contributed by atoms with Gasteiger partial charge >= 0.3 is 11.9 Å². The third kappa shape index (κ3) is 6.45. The molecule has 0 radical (unpaired) electrons. The number of aromatic carboxylic acids is 1. The van der Waals surface area contributed by atoms with Crippen LogP contribution in [0.25, 0.3) is 0 Å². The van der Waals surface area contributed by atoms with Gasteiger partial charge in [-0.05, 0) is 54.8 Å². The average Bonchev–Trinajstić information content (AvgIpc) is 3.01. The number of amides is 1. The van der Waals surface area contributed by atoms with E-state index in [1.165, 1.54) is 48.4 Å². The highest BCUT2D eigenvalue weighted by molar-refractivity contribution is 6.05. The molecule has 1 amide bonds. The zero-order chi connectivity index (χ0) is 32.3. The first-order valence-electron chi connectivity index (χ1n) is 14.1. The van der Waals surface area contributed by atoms with Crippen LogP contribution < -0.4 is 0 Å². The third-order valence-electron chi connectivity index (χ3n) is 8.37. The van der Waals surface area contributed by atoms with Gasteiger partial charge in [-0.2, -0.15) is 0 Å². The van der Waals surface area contributed by atoms with E-state index in [0.717, 1.165) is 0 Å². The van der Waals surface area contributed by atoms with Gasteiger partial charge in [-0.15, -0.1) is 0 Å². The molecule has 3 aromatic carbocycles. The number of rotatable bonds is 9. The second-order valence-electron chi connectivity index (χ2n) is 11.3. The van der Waals surface area contributed by atoms with Crippen molar-refractivity contribution >= 4 is 29.4 Å². The molecule has 3 unspecified atom stereocenters. The lowest BCUT2D eigenvalue weighted by molar-refractivity contribution is -0.130. The van der Waals surface area contributed by atoms with E-state index in [1.54, 1.807) is 57.1 Å². The van der Waals surface area contributed by atoms with Crippen LogP contribution in [0.1, 0.15) is 64.0 Å². The molecule has 0 aromatic heterocycles. The summed E-state index contributed by atoms with van der Waals surface area (Å²) in [6.07, 6.45) is 0. The van der Waals surface area contributed by atoms with Crippen LogP contribution in [0.15, 0.2) is 60.7 Å². The lowest BCUT2D eigenvalue weighted by Gasteiger charge is -2.43. The summed E-state index contributed by atoms with van der Waals surface area (Å²) in [4.78, 5) is 68.9. The van der Waals surface area contributed by atoms with Crippen LogP contribution in [0.3, 0.4) is 0 Å². The number of methoxy groups -OCH3 is 1. The molecule has 10 heteroatoms. The van der Waals surface area contributed by atoms with Crippen molar-refractivity contribution < 1.29 is 38.2 Å². The smallest absolute Gasteiger partial charge is 0.337 e. The number of nitrogens with zero attached hydrogens (tertiary/aromatic N) is 2. The maximum atomic E-state index is 15.0. The van der Waals surface area contributed by atoms with Crippen molar-refractivity contribution in [3.63, 3.8) is 0 Å². The van der Waals surface area contributed by atoms with Crippen LogP contribution in [0.2, 0.25) is 0 Å². The zero-order valence-electron chi connectivity index (χ0n) is 25.3. The third-order valence-corrected chi connectivity index (χ3v) is 8.37. The predicted octanol–water partition coefficient (Wildman–Crippen LogP) is 4.41. The molecule has 9 nitrogen and oxygen atoms in total. The van der Waals surface area contributed by atoms with Crippen LogP contribution in [0, 0.1) is 31.5 Å². The van der Waals surface area contributed by atoms with Gasteiger partial charge < -0.3 is 14.7 Å². The summed E-state index contributed by atoms with van der Waals surface area (Å²) >= 11 is 0. The van der Waals surface area contributed by atoms with Gasteiger partial charge in [-0.1, -0.05) is 36.4 Å². The summed E-state index contributed by atoms with van der Waals surface area (Å²) in [5.74, 6) is -6.05. The number of ketones is 2. The van der Waals surface area contributed by atoms with Gasteiger partial charge in [0.1, 0.15) is 5.82 Å². The summed E-state index contributed by atoms with van der Waals surface area (Å²) in [6.45, 7) is 3.22. The summed E-state index contributed by atoms with van der Waals surface area (Å²) in [6, 6.07) is 15.0. The van der Waals surface area contributed by atoms with Crippen LogP contribution >= 0.6 is 0 Å². The van der Waals surface area contributed by atoms with Crippen LogP contribution in [0.4, 0.5) is 4.39 Å². The van der Waals surface area contributed by atoms with E-state index in [-0.39, 0.29) is 64.7 Å². The number of likely N-dealkylation sites (tertiary alicyclic amines) is 1. The van der Waals surface area contributed by atoms with Gasteiger partial charge in [0.15, 0.2) is 11.6 Å². The second-order valence-corrected chi connectivity index (χ2v) is 11.3. The number of ether oxygens (including phenoxy) is 1. The number of esters is 1. The Bertz CT molecular complexity index is 1630. The highest BCUT2D eigenvalue weighted by Gasteiger charge is 2.46. The van der Waals surface area contributed by atoms with E-state index >= 15 is 4.39 Å². The summed E-state index contributed by atoms with van der Waals surface area (Å²) in [7, 11) is 4.45. The molecule has 1 N–H and O–H groups in total. The number of piperidine rings is 1. The van der Waals surface area contributed by atoms with E-state index in [2.05, 4.69) is 0 Å². The topological polar surface area (TPSA) is 121 Å². The molecule has 4 rings (SSSR count). The average molecular weight is 603 g/mol. The normalized spacial score (nSPS) is 18.4. The molecular weight excluding hydrogens is 567 g/mol. The Balaban J connectivity index is 1.92. The zero-order valence-corrected chi connectivity index (χ0v) is 25.3. The number of carboxylic acids is 1. The number of carbonyl (C=O) groups excluding carboxylic acids is 4. The monoisotopic (exact) mass is 602 g/mol. The number of benzene rings is 3. The van der Waals surface area contributed by atoms with Gasteiger partial charge in [0.2, 0.25) is 5.91 Å². The second kappa shape index (κ2) is 13.3. The van der Waals surface area contributed by atoms with Crippen LogP contribution in [-0.2, 0) is 9.53 Å². The molecule has 0 bridgehead atoms. The minimum Gasteiger partial charge on any atom is -0.478 e. The Labute approximate surface area is 255 Å². The maximum Gasteiger partial charge on any atom is 0.337 e. The number of halogens is 1. The summed E-state index contributed by atoms with van der Waals surface area (Å²) < 4.78 is 19.8. The first kappa shape index (κ1) is 32.2. The van der Waals surface area contributed by atoms with Gasteiger partial charge in [0, 0.05) is 56.1 Å². The van der Waals surface area contributed by atoms with Crippen molar-refractivity contribution in [1.29, 1.82) is 0 Å². The Morgan fingerprint density at radius 3 is 2.09 bits per heavy atom. The molecule has 1 aliphatic rings. The standard InChI is InChI=1S/C34H35FN2O7/c1-19-24(12-7-13-25(19)33(41)42)32(40)27-17-37(18-29(38)36(3)4)16-26(30(27)23-11-8-14-28(35)20(23)2)31(39)21-9-6-10-22(15-21)34(43)44-5/h6-15,26-27,30H,16-18H2,1-5H3,(H,41,42). The molecule has 3 atom stereocenters. The Kier molecular flexibility index (Phi) is 9.74. The number of hydrogen-bond donors (Lipinski definition) is 1. The van der Waals surface area contributed by atoms with Crippen molar-refractivity contribution in [2.75, 3.05) is 40.8 Å². The first-order valence-corrected chi connectivity index (χ1v) is 14.1. The van der Waals surface area contributed by atoms with E-state index in [0.29, 0.717) is 5.56 Å². The highest BCUT2D eigenvalue weighted by Crippen LogP contribution is 2.43. The molecule has 3 aromatic rings. The fourth-order valence-electron chi connectivity index (χ4n) is 5.98. The van der Waals surface area contributed by atoms with Gasteiger partial charge in [0.25, 0.3) is 0 Å². The minimum absolute atomic E-state index is 0.0305. The highest BCUT2D eigenvalue weighted by atomic mass is 19.1. The molecule has 1 saturated heterocycles. The molecule has 1 aliphatic heterocycles. The van der Waals surface area contributed by atoms with Crippen LogP contribution in [0.5, 0.6) is 0 Å². The van der Waals surface area contributed by atoms with Crippen molar-refractivity contribution in [2.24, 2.45) is 11.8 Å². The molecule has 0 aliphatic carbocycles. The lowest BCUT2D eigenvalue weighted by atomic mass is 9.67. The quantitative estimate of drug-likeness (QED) is 0.282. The SMILES string of the molecule is COC(=O)c1cccc(C(=O)C2CN(CC(=O)N(C)C)CC(C(=O)c3cccc(C(=O)O)c3C)C2c2cccc(F)c2C)c1. The number of Topliss-reactive ketones (excluding diaryl/α,β-unsaturated/α-hetero) is 2. The van der Waals surface area contributed by atoms with Gasteiger partial charge in [-0.25, -0.2) is 14.0 Å². The predicted molar refractivity (Wildman–Crippen MR) is 161 cm³/mol. The molecule has 44 heavy (non-hydrogen) atoms. The fourth-order valence-corrected chi connectivity index (χ4v) is 5.98. The number of hydrogen-bond acceptors (Lipinski definition) is 7. The summed E-state index contributed by atoms with van der Waals surface area (Å²) in [5.41, 5.74) is 1.54. The van der Waals surface area contributed by atoms with Gasteiger partial charge in [0.05, 0.1) is 24.8 Å². The first-order chi connectivity index (χ1) is 20.8. The van der Waals surface area contributed by atoms with Crippen LogP contribution in [-0.4, -0.2) is 85.2 Å². The Hall–Kier alpha value is -4.70. The number of carboxylic acid groups (broad SMARTS) is 1. The fraction of sp³-hybridized carbons (Fsp3) is 0.324.